The molecule has 1 N–H and O–H groups in total. The van der Waals surface area contributed by atoms with Crippen LogP contribution in [0.2, 0.25) is 0 Å². The molecule has 0 spiro atoms. The van der Waals surface area contributed by atoms with Gasteiger partial charge in [0.05, 0.1) is 6.61 Å². The van der Waals surface area contributed by atoms with Crippen LogP contribution >= 0.6 is 0 Å². The fourth-order valence-corrected chi connectivity index (χ4v) is 2.69. The van der Waals surface area contributed by atoms with Gasteiger partial charge >= 0.3 is 0 Å². The Morgan fingerprint density at radius 2 is 1.95 bits per heavy atom. The third kappa shape index (κ3) is 4.31. The lowest BCUT2D eigenvalue weighted by Gasteiger charge is -2.31. The molecule has 5 nitrogen and oxygen atoms in total. The first-order chi connectivity index (χ1) is 10.6. The number of likely N-dealkylation sites (tertiary alicyclic amines) is 1. The van der Waals surface area contributed by atoms with Gasteiger partial charge in [-0.15, -0.1) is 0 Å². The van der Waals surface area contributed by atoms with Gasteiger partial charge in [-0.25, -0.2) is 0 Å². The minimum Gasteiger partial charge on any atom is -0.383 e. The van der Waals surface area contributed by atoms with Crippen LogP contribution in [0, 0.1) is 5.92 Å². The lowest BCUT2D eigenvalue weighted by molar-refractivity contribution is 0.0682. The van der Waals surface area contributed by atoms with Gasteiger partial charge < -0.3 is 15.0 Å². The Labute approximate surface area is 131 Å². The van der Waals surface area contributed by atoms with Crippen molar-refractivity contribution >= 4 is 11.8 Å². The molecule has 120 valence electrons. The van der Waals surface area contributed by atoms with Crippen LogP contribution < -0.4 is 5.32 Å². The number of carbonyl (C=O) groups excluding carboxylic acids is 2. The highest BCUT2D eigenvalue weighted by Crippen LogP contribution is 2.18. The standard InChI is InChI=1S/C17H24N2O3/c1-13-4-3-10-19(12-13)17(21)15-7-5-14(6-8-15)16(20)18-9-11-22-2/h5-8,13H,3-4,9-12H2,1-2H3,(H,18,20). The van der Waals surface area contributed by atoms with Crippen molar-refractivity contribution in [2.24, 2.45) is 5.92 Å². The zero-order valence-electron chi connectivity index (χ0n) is 13.3. The lowest BCUT2D eigenvalue weighted by Crippen LogP contribution is -2.39. The monoisotopic (exact) mass is 304 g/mol. The maximum Gasteiger partial charge on any atom is 0.253 e. The molecule has 2 rings (SSSR count). The van der Waals surface area contributed by atoms with Crippen molar-refractivity contribution in [1.29, 1.82) is 0 Å². The van der Waals surface area contributed by atoms with Gasteiger partial charge in [-0.1, -0.05) is 6.92 Å². The van der Waals surface area contributed by atoms with E-state index >= 15 is 0 Å². The Balaban J connectivity index is 1.96. The van der Waals surface area contributed by atoms with Gasteiger partial charge in [0.15, 0.2) is 0 Å². The van der Waals surface area contributed by atoms with Gasteiger partial charge in [-0.05, 0) is 43.0 Å². The number of ether oxygens (including phenoxy) is 1. The predicted octanol–water partition coefficient (Wildman–Crippen LogP) is 1.93. The maximum absolute atomic E-state index is 12.4. The van der Waals surface area contributed by atoms with Gasteiger partial charge in [0.25, 0.3) is 11.8 Å². The van der Waals surface area contributed by atoms with Crippen molar-refractivity contribution in [3.63, 3.8) is 0 Å². The molecule has 1 heterocycles. The molecule has 0 bridgehead atoms. The fraction of sp³-hybridized carbons (Fsp3) is 0.529. The molecule has 2 amide bonds. The minimum atomic E-state index is -0.150. The molecule has 0 aromatic heterocycles. The van der Waals surface area contributed by atoms with Gasteiger partial charge in [-0.2, -0.15) is 0 Å². The number of nitrogens with one attached hydrogen (secondary N) is 1. The number of carbonyl (C=O) groups is 2. The molecule has 0 saturated carbocycles. The van der Waals surface area contributed by atoms with Crippen LogP contribution in [0.25, 0.3) is 0 Å². The van der Waals surface area contributed by atoms with Crippen molar-refractivity contribution in [3.05, 3.63) is 35.4 Å². The Bertz CT molecular complexity index is 513. The average molecular weight is 304 g/mol. The number of rotatable bonds is 5. The summed E-state index contributed by atoms with van der Waals surface area (Å²) in [6, 6.07) is 6.85. The number of nitrogens with zero attached hydrogens (tertiary/aromatic N) is 1. The smallest absolute Gasteiger partial charge is 0.253 e. The Morgan fingerprint density at radius 3 is 2.59 bits per heavy atom. The van der Waals surface area contributed by atoms with Crippen LogP contribution in [0.5, 0.6) is 0 Å². The van der Waals surface area contributed by atoms with E-state index in [1.54, 1.807) is 31.4 Å². The summed E-state index contributed by atoms with van der Waals surface area (Å²) in [6.07, 6.45) is 2.25. The first kappa shape index (κ1) is 16.5. The molecular weight excluding hydrogens is 280 g/mol. The summed E-state index contributed by atoms with van der Waals surface area (Å²) >= 11 is 0. The Kier molecular flexibility index (Phi) is 5.95. The van der Waals surface area contributed by atoms with E-state index in [9.17, 15) is 9.59 Å². The first-order valence-corrected chi connectivity index (χ1v) is 7.78. The molecule has 1 aliphatic rings. The minimum absolute atomic E-state index is 0.0536. The molecule has 1 fully saturated rings. The molecule has 1 saturated heterocycles. The highest BCUT2D eigenvalue weighted by Gasteiger charge is 2.22. The fourth-order valence-electron chi connectivity index (χ4n) is 2.69. The van der Waals surface area contributed by atoms with Crippen molar-refractivity contribution < 1.29 is 14.3 Å². The molecule has 22 heavy (non-hydrogen) atoms. The summed E-state index contributed by atoms with van der Waals surface area (Å²) < 4.78 is 4.89. The Hall–Kier alpha value is -1.88. The maximum atomic E-state index is 12.4. The predicted molar refractivity (Wildman–Crippen MR) is 85.0 cm³/mol. The summed E-state index contributed by atoms with van der Waals surface area (Å²) in [7, 11) is 1.59. The van der Waals surface area contributed by atoms with Crippen LogP contribution in [-0.4, -0.2) is 50.1 Å². The molecule has 1 atom stereocenters. The zero-order valence-corrected chi connectivity index (χ0v) is 13.3. The van der Waals surface area contributed by atoms with E-state index in [1.165, 1.54) is 6.42 Å². The third-order valence-electron chi connectivity index (χ3n) is 3.93. The number of benzene rings is 1. The SMILES string of the molecule is COCCNC(=O)c1ccc(C(=O)N2CCCC(C)C2)cc1. The molecule has 5 heteroatoms. The van der Waals surface area contributed by atoms with Crippen molar-refractivity contribution in [2.75, 3.05) is 33.4 Å². The second kappa shape index (κ2) is 7.94. The van der Waals surface area contributed by atoms with Gasteiger partial charge in [0, 0.05) is 37.9 Å². The highest BCUT2D eigenvalue weighted by atomic mass is 16.5. The second-order valence-corrected chi connectivity index (χ2v) is 5.82. The lowest BCUT2D eigenvalue weighted by atomic mass is 9.99. The van der Waals surface area contributed by atoms with Crippen LogP contribution in [-0.2, 0) is 4.74 Å². The second-order valence-electron chi connectivity index (χ2n) is 5.82. The van der Waals surface area contributed by atoms with Crippen LogP contribution in [0.1, 0.15) is 40.5 Å². The van der Waals surface area contributed by atoms with Crippen molar-refractivity contribution in [1.82, 2.24) is 10.2 Å². The molecule has 1 unspecified atom stereocenters. The van der Waals surface area contributed by atoms with E-state index < -0.39 is 0 Å². The largest absolute Gasteiger partial charge is 0.383 e. The van der Waals surface area contributed by atoms with E-state index in [0.717, 1.165) is 19.5 Å². The van der Waals surface area contributed by atoms with Gasteiger partial charge in [-0.3, -0.25) is 9.59 Å². The molecule has 1 aromatic rings. The number of amides is 2. The number of hydrogen-bond acceptors (Lipinski definition) is 3. The van der Waals surface area contributed by atoms with Crippen LogP contribution in [0.15, 0.2) is 24.3 Å². The van der Waals surface area contributed by atoms with Crippen LogP contribution in [0.4, 0.5) is 0 Å². The molecule has 1 aromatic carbocycles. The van der Waals surface area contributed by atoms with E-state index in [1.807, 2.05) is 4.90 Å². The molecular formula is C17H24N2O3. The molecule has 1 aliphatic heterocycles. The average Bonchev–Trinajstić information content (AvgIpc) is 2.54. The third-order valence-corrected chi connectivity index (χ3v) is 3.93. The van der Waals surface area contributed by atoms with Crippen molar-refractivity contribution in [2.45, 2.75) is 19.8 Å². The molecule has 0 aliphatic carbocycles. The zero-order chi connectivity index (χ0) is 15.9. The van der Waals surface area contributed by atoms with Gasteiger partial charge in [0.2, 0.25) is 0 Å². The van der Waals surface area contributed by atoms with E-state index in [2.05, 4.69) is 12.2 Å². The first-order valence-electron chi connectivity index (χ1n) is 7.78. The van der Waals surface area contributed by atoms with Crippen LogP contribution in [0.3, 0.4) is 0 Å². The van der Waals surface area contributed by atoms with E-state index in [-0.39, 0.29) is 11.8 Å². The Morgan fingerprint density at radius 1 is 1.27 bits per heavy atom. The van der Waals surface area contributed by atoms with E-state index in [0.29, 0.717) is 30.2 Å². The summed E-state index contributed by atoms with van der Waals surface area (Å²) in [5, 5.41) is 2.76. The van der Waals surface area contributed by atoms with Crippen molar-refractivity contribution in [3.8, 4) is 0 Å². The van der Waals surface area contributed by atoms with E-state index in [4.69, 9.17) is 4.74 Å². The summed E-state index contributed by atoms with van der Waals surface area (Å²) in [4.78, 5) is 26.2. The number of hydrogen-bond donors (Lipinski definition) is 1. The summed E-state index contributed by atoms with van der Waals surface area (Å²) in [5.74, 6) is 0.462. The normalized spacial score (nSPS) is 18.1. The highest BCUT2D eigenvalue weighted by molar-refractivity contribution is 5.97. The molecule has 0 radical (unpaired) electrons. The van der Waals surface area contributed by atoms with Gasteiger partial charge in [0.1, 0.15) is 0 Å². The topological polar surface area (TPSA) is 58.6 Å². The number of methoxy groups -OCH3 is 1. The summed E-state index contributed by atoms with van der Waals surface area (Å²) in [6.45, 7) is 4.77. The quantitative estimate of drug-likeness (QED) is 0.846. The number of piperidine rings is 1. The summed E-state index contributed by atoms with van der Waals surface area (Å²) in [5.41, 5.74) is 1.20.